The molecule has 0 saturated carbocycles. The molecular formula is C20H25N3O5. The number of aliphatic hydroxyl groups is 1. The summed E-state index contributed by atoms with van der Waals surface area (Å²) >= 11 is 0. The van der Waals surface area contributed by atoms with Gasteiger partial charge in [-0.15, -0.1) is 0 Å². The van der Waals surface area contributed by atoms with Crippen molar-refractivity contribution in [1.82, 2.24) is 5.43 Å². The molecule has 0 aromatic heterocycles. The first-order chi connectivity index (χ1) is 13.6. The minimum Gasteiger partial charge on any atom is -0.449 e. The third kappa shape index (κ3) is 5.88. The average Bonchev–Trinajstić information content (AvgIpc) is 2.72. The number of aliphatic hydroxyl groups excluding tert-OH is 1. The Bertz CT molecular complexity index is 752. The first-order valence-electron chi connectivity index (χ1n) is 9.01. The van der Waals surface area contributed by atoms with Crippen LogP contribution in [0.15, 0.2) is 54.6 Å². The van der Waals surface area contributed by atoms with Crippen molar-refractivity contribution in [2.75, 3.05) is 30.1 Å². The third-order valence-electron chi connectivity index (χ3n) is 3.78. The number of hydrogen-bond donors (Lipinski definition) is 3. The van der Waals surface area contributed by atoms with Gasteiger partial charge in [-0.3, -0.25) is 0 Å². The minimum atomic E-state index is -0.762. The maximum atomic E-state index is 12.2. The van der Waals surface area contributed by atoms with Gasteiger partial charge in [-0.1, -0.05) is 30.3 Å². The molecule has 28 heavy (non-hydrogen) atoms. The van der Waals surface area contributed by atoms with Gasteiger partial charge < -0.3 is 19.9 Å². The van der Waals surface area contributed by atoms with Gasteiger partial charge in [0.2, 0.25) is 0 Å². The molecule has 0 radical (unpaired) electrons. The summed E-state index contributed by atoms with van der Waals surface area (Å²) in [6, 6.07) is 16.1. The quantitative estimate of drug-likeness (QED) is 0.629. The predicted octanol–water partition coefficient (Wildman–Crippen LogP) is 3.46. The zero-order chi connectivity index (χ0) is 20.4. The van der Waals surface area contributed by atoms with Gasteiger partial charge >= 0.3 is 12.2 Å². The highest BCUT2D eigenvalue weighted by Crippen LogP contribution is 2.22. The summed E-state index contributed by atoms with van der Waals surface area (Å²) in [5.41, 5.74) is 4.45. The molecule has 8 heteroatoms. The van der Waals surface area contributed by atoms with E-state index in [0.29, 0.717) is 5.69 Å². The number of benzene rings is 2. The van der Waals surface area contributed by atoms with Crippen molar-refractivity contribution in [1.29, 1.82) is 0 Å². The van der Waals surface area contributed by atoms with Crippen LogP contribution in [0.4, 0.5) is 21.0 Å². The summed E-state index contributed by atoms with van der Waals surface area (Å²) in [4.78, 5) is 23.9. The number of nitrogens with one attached hydrogen (secondary N) is 2. The molecule has 2 aromatic rings. The summed E-state index contributed by atoms with van der Waals surface area (Å²) in [7, 11) is 0. The van der Waals surface area contributed by atoms with E-state index in [1.54, 1.807) is 38.1 Å². The van der Waals surface area contributed by atoms with Crippen LogP contribution in [0.25, 0.3) is 0 Å². The summed E-state index contributed by atoms with van der Waals surface area (Å²) in [5.74, 6) is 0. The van der Waals surface area contributed by atoms with Gasteiger partial charge in [0.05, 0.1) is 31.5 Å². The number of carbonyl (C=O) groups is 2. The second-order valence-corrected chi connectivity index (χ2v) is 5.70. The summed E-state index contributed by atoms with van der Waals surface area (Å²) < 4.78 is 9.80. The highest BCUT2D eigenvalue weighted by Gasteiger charge is 2.20. The standard InChI is InChI=1S/C20H25N3O5/c1-3-27-19(25)22-23(20(26)28-4-2)17-12-10-16(11-13-17)21-18(14-24)15-8-6-5-7-9-15/h5-13,18,21,24H,3-4,14H2,1-2H3,(H,22,25)/t18-/m0/s1. The molecule has 0 bridgehead atoms. The lowest BCUT2D eigenvalue weighted by molar-refractivity contribution is 0.138. The molecule has 0 heterocycles. The zero-order valence-corrected chi connectivity index (χ0v) is 15.9. The van der Waals surface area contributed by atoms with Crippen LogP contribution in [-0.4, -0.2) is 37.1 Å². The fraction of sp³-hybridized carbons (Fsp3) is 0.300. The van der Waals surface area contributed by atoms with Crippen LogP contribution in [0.3, 0.4) is 0 Å². The predicted molar refractivity (Wildman–Crippen MR) is 106 cm³/mol. The topological polar surface area (TPSA) is 100 Å². The van der Waals surface area contributed by atoms with Gasteiger partial charge in [-0.2, -0.15) is 5.01 Å². The van der Waals surface area contributed by atoms with Crippen LogP contribution >= 0.6 is 0 Å². The van der Waals surface area contributed by atoms with E-state index in [2.05, 4.69) is 10.7 Å². The lowest BCUT2D eigenvalue weighted by Crippen LogP contribution is -2.47. The average molecular weight is 387 g/mol. The molecule has 2 aromatic carbocycles. The van der Waals surface area contributed by atoms with Crippen LogP contribution in [0.5, 0.6) is 0 Å². The highest BCUT2D eigenvalue weighted by molar-refractivity contribution is 5.90. The molecule has 150 valence electrons. The summed E-state index contributed by atoms with van der Waals surface area (Å²) in [6.07, 6.45) is -1.49. The first-order valence-corrected chi connectivity index (χ1v) is 9.01. The number of rotatable bonds is 7. The molecule has 3 N–H and O–H groups in total. The Labute approximate surface area is 164 Å². The van der Waals surface area contributed by atoms with Crippen LogP contribution in [-0.2, 0) is 9.47 Å². The molecule has 0 aliphatic carbocycles. The van der Waals surface area contributed by atoms with Crippen LogP contribution in [0.1, 0.15) is 25.5 Å². The van der Waals surface area contributed by atoms with E-state index < -0.39 is 12.2 Å². The molecule has 0 aliphatic rings. The molecule has 1 atom stereocenters. The lowest BCUT2D eigenvalue weighted by atomic mass is 10.1. The van der Waals surface area contributed by atoms with E-state index in [4.69, 9.17) is 9.47 Å². The van der Waals surface area contributed by atoms with Crippen molar-refractivity contribution in [3.05, 3.63) is 60.2 Å². The van der Waals surface area contributed by atoms with Crippen molar-refractivity contribution in [2.24, 2.45) is 0 Å². The fourth-order valence-electron chi connectivity index (χ4n) is 2.49. The van der Waals surface area contributed by atoms with Gasteiger partial charge in [0, 0.05) is 5.69 Å². The number of carbonyl (C=O) groups excluding carboxylic acids is 2. The molecule has 2 rings (SSSR count). The van der Waals surface area contributed by atoms with E-state index in [0.717, 1.165) is 16.3 Å². The minimum absolute atomic E-state index is 0.0782. The van der Waals surface area contributed by atoms with Crippen molar-refractivity contribution in [3.8, 4) is 0 Å². The Morgan fingerprint density at radius 3 is 2.21 bits per heavy atom. The summed E-state index contributed by atoms with van der Waals surface area (Å²) in [5, 5.41) is 13.9. The molecule has 2 amide bonds. The molecule has 0 spiro atoms. The third-order valence-corrected chi connectivity index (χ3v) is 3.78. The van der Waals surface area contributed by atoms with Crippen LogP contribution in [0, 0.1) is 0 Å². The monoisotopic (exact) mass is 387 g/mol. The first kappa shape index (κ1) is 21.0. The molecular weight excluding hydrogens is 362 g/mol. The number of nitrogens with zero attached hydrogens (tertiary/aromatic N) is 1. The van der Waals surface area contributed by atoms with Gasteiger partial charge in [-0.25, -0.2) is 15.0 Å². The number of ether oxygens (including phenoxy) is 2. The fourth-order valence-corrected chi connectivity index (χ4v) is 2.49. The van der Waals surface area contributed by atoms with Crippen LogP contribution in [0.2, 0.25) is 0 Å². The molecule has 0 saturated heterocycles. The van der Waals surface area contributed by atoms with Gasteiger partial charge in [0.15, 0.2) is 0 Å². The second kappa shape index (κ2) is 10.8. The molecule has 0 aliphatic heterocycles. The number of hydrogen-bond acceptors (Lipinski definition) is 6. The van der Waals surface area contributed by atoms with E-state index in [9.17, 15) is 14.7 Å². The van der Waals surface area contributed by atoms with E-state index in [-0.39, 0.29) is 25.9 Å². The summed E-state index contributed by atoms with van der Waals surface area (Å²) in [6.45, 7) is 3.60. The van der Waals surface area contributed by atoms with Gasteiger partial charge in [0.25, 0.3) is 0 Å². The molecule has 0 fully saturated rings. The number of hydrazine groups is 1. The van der Waals surface area contributed by atoms with Crippen molar-refractivity contribution < 1.29 is 24.2 Å². The smallest absolute Gasteiger partial charge is 0.433 e. The van der Waals surface area contributed by atoms with E-state index in [1.807, 2.05) is 30.3 Å². The molecule has 0 unspecified atom stereocenters. The second-order valence-electron chi connectivity index (χ2n) is 5.70. The molecule has 8 nitrogen and oxygen atoms in total. The van der Waals surface area contributed by atoms with Crippen molar-refractivity contribution in [3.63, 3.8) is 0 Å². The Balaban J connectivity index is 2.14. The highest BCUT2D eigenvalue weighted by atomic mass is 16.6. The maximum Gasteiger partial charge on any atom is 0.433 e. The normalized spacial score (nSPS) is 11.2. The Morgan fingerprint density at radius 1 is 1.00 bits per heavy atom. The lowest BCUT2D eigenvalue weighted by Gasteiger charge is -2.23. The van der Waals surface area contributed by atoms with E-state index in [1.165, 1.54) is 0 Å². The Morgan fingerprint density at radius 2 is 1.64 bits per heavy atom. The van der Waals surface area contributed by atoms with Crippen molar-refractivity contribution >= 4 is 23.6 Å². The largest absolute Gasteiger partial charge is 0.449 e. The SMILES string of the molecule is CCOC(=O)NN(C(=O)OCC)c1ccc(N[C@@H](CO)c2ccccc2)cc1. The Hall–Kier alpha value is -3.26. The van der Waals surface area contributed by atoms with Gasteiger partial charge in [-0.05, 0) is 43.7 Å². The van der Waals surface area contributed by atoms with Crippen LogP contribution < -0.4 is 15.8 Å². The number of amides is 2. The maximum absolute atomic E-state index is 12.2. The zero-order valence-electron chi connectivity index (χ0n) is 15.9. The van der Waals surface area contributed by atoms with Gasteiger partial charge in [0.1, 0.15) is 0 Å². The van der Waals surface area contributed by atoms with E-state index >= 15 is 0 Å². The van der Waals surface area contributed by atoms with Crippen molar-refractivity contribution in [2.45, 2.75) is 19.9 Å². The Kier molecular flexibility index (Phi) is 8.11. The number of anilines is 2.